The van der Waals surface area contributed by atoms with Crippen molar-refractivity contribution < 1.29 is 80.8 Å². The minimum absolute atomic E-state index is 0.0143. The van der Waals surface area contributed by atoms with E-state index in [1.54, 1.807) is 71.3 Å². The smallest absolute Gasteiger partial charge is 0.416 e. The number of morpholine rings is 4. The standard InChI is InChI=1S/C22H20ClF4N7O.2C22H21F4N7O.C21H21ClFN7O2/c23-11-19-18(30-15-3-1-2-14(10-15)22(25,26)27)5-4-16(31-19)12-29-33-21-28-13-17(24)20(32-21)34-6-8-35-9-7-34;1-14-19(23)20(33-7-9-34-10-8-33)31-21(29-14)32-28-13-17-5-6-18(12-27-17)30-16-4-2-3-15(11-16)22(24,25)26;1-14-13-34-8-7-33(14)20-19(23)12-28-21(31-20)32-29-11-17-5-6-18(10-27-17)30-16-4-2-3-15(9-16)22(24,25)26;1-31-20-18(26-15-4-2-3-14(22)11-15)6-5-16(27-20)12-25-29-21-24-13-17(23)19(28-21)30-7-9-32-10-8-30/h1-5,10,12-13,30H,6-9,11H2,(H,28,32,33);2-6,11-13,30H,7-10H2,1H3,(H,29,31,32);2-6,9-12,14,30H,7-8,13H2,1H3,(H,28,31,32);2-6,11-13,26H,7-10H2,1H3,(H,24,28,29)/b29-12+;28-13+;29-11+;25-12+. The van der Waals surface area contributed by atoms with Crippen LogP contribution in [0.15, 0.2) is 197 Å². The summed E-state index contributed by atoms with van der Waals surface area (Å²) in [6.07, 6.45) is -1.37. The Bertz CT molecular complexity index is 6090. The highest BCUT2D eigenvalue weighted by atomic mass is 35.5. The zero-order valence-corrected chi connectivity index (χ0v) is 73.1. The molecule has 0 aliphatic carbocycles. The molecule has 4 fully saturated rings. The molecule has 0 bridgehead atoms. The van der Waals surface area contributed by atoms with Gasteiger partial charge in [-0.3, -0.25) is 9.97 Å². The average molecular weight is 1920 g/mol. The van der Waals surface area contributed by atoms with E-state index >= 15 is 0 Å². The second-order valence-corrected chi connectivity index (χ2v) is 29.8. The van der Waals surface area contributed by atoms with Crippen molar-refractivity contribution in [2.45, 2.75) is 44.3 Å². The second kappa shape index (κ2) is 46.7. The van der Waals surface area contributed by atoms with E-state index in [0.717, 1.165) is 60.7 Å². The summed E-state index contributed by atoms with van der Waals surface area (Å²) in [5.74, 6) is -0.366. The molecule has 16 rings (SSSR count). The number of nitrogens with one attached hydrogen (secondary N) is 8. The highest BCUT2D eigenvalue weighted by Crippen LogP contribution is 2.37. The van der Waals surface area contributed by atoms with Gasteiger partial charge in [-0.05, 0) is 135 Å². The van der Waals surface area contributed by atoms with Crippen molar-refractivity contribution in [3.63, 3.8) is 0 Å². The second-order valence-electron chi connectivity index (χ2n) is 29.1. The number of halogens is 15. The molecule has 8 N–H and O–H groups in total. The molecule has 0 radical (unpaired) electrons. The van der Waals surface area contributed by atoms with Gasteiger partial charge in [0, 0.05) is 73.6 Å². The number of hydrogen-bond donors (Lipinski definition) is 8. The van der Waals surface area contributed by atoms with Gasteiger partial charge in [0.05, 0.1) is 196 Å². The molecule has 0 spiro atoms. The Labute approximate surface area is 772 Å². The van der Waals surface area contributed by atoms with Gasteiger partial charge in [-0.1, -0.05) is 35.9 Å². The molecule has 706 valence electrons. The zero-order chi connectivity index (χ0) is 95.4. The molecular formula is C87H83Cl2F13N28O5. The number of anilines is 16. The average Bonchev–Trinajstić information content (AvgIpc) is 0.809. The predicted octanol–water partition coefficient (Wildman–Crippen LogP) is 17.3. The molecule has 135 heavy (non-hydrogen) atoms. The maximum atomic E-state index is 14.5. The monoisotopic (exact) mass is 1920 g/mol. The van der Waals surface area contributed by atoms with Crippen LogP contribution >= 0.6 is 23.2 Å². The number of rotatable bonds is 26. The third kappa shape index (κ3) is 28.7. The molecular weight excluding hydrogens is 1840 g/mol. The van der Waals surface area contributed by atoms with Gasteiger partial charge in [0.1, 0.15) is 5.69 Å². The van der Waals surface area contributed by atoms with Crippen molar-refractivity contribution in [1.82, 2.24) is 59.8 Å². The summed E-state index contributed by atoms with van der Waals surface area (Å²) in [5, 5.41) is 28.7. The quantitative estimate of drug-likeness (QED) is 0.0108. The van der Waals surface area contributed by atoms with E-state index in [4.69, 9.17) is 46.9 Å². The number of aryl methyl sites for hydroxylation is 1. The number of pyridine rings is 4. The molecule has 1 atom stereocenters. The van der Waals surface area contributed by atoms with Crippen molar-refractivity contribution in [2.75, 3.05) is 168 Å². The molecule has 4 saturated heterocycles. The van der Waals surface area contributed by atoms with Crippen molar-refractivity contribution in [3.8, 4) is 5.88 Å². The van der Waals surface area contributed by atoms with Gasteiger partial charge in [-0.2, -0.15) is 79.9 Å². The van der Waals surface area contributed by atoms with E-state index in [9.17, 15) is 57.1 Å². The van der Waals surface area contributed by atoms with Gasteiger partial charge in [-0.25, -0.2) is 69.2 Å². The van der Waals surface area contributed by atoms with Gasteiger partial charge in [0.15, 0.2) is 46.5 Å². The first-order valence-corrected chi connectivity index (χ1v) is 41.9. The van der Waals surface area contributed by atoms with E-state index < -0.39 is 58.5 Å². The Balaban J connectivity index is 0.000000153. The maximum absolute atomic E-state index is 14.5. The number of methoxy groups -OCH3 is 1. The van der Waals surface area contributed by atoms with Crippen LogP contribution in [0, 0.1) is 30.2 Å². The zero-order valence-electron chi connectivity index (χ0n) is 71.6. The fraction of sp³-hybridized carbons (Fsp3) is 0.264. The number of hydrazone groups is 4. The molecule has 4 aromatic carbocycles. The summed E-state index contributed by atoms with van der Waals surface area (Å²) in [5.41, 5.74) is 14.8. The van der Waals surface area contributed by atoms with Crippen LogP contribution in [-0.4, -0.2) is 196 Å². The van der Waals surface area contributed by atoms with Crippen LogP contribution in [0.1, 0.15) is 57.8 Å². The summed E-state index contributed by atoms with van der Waals surface area (Å²) >= 11 is 12.0. The molecule has 12 aromatic rings. The number of ether oxygens (including phenoxy) is 5. The molecule has 0 amide bonds. The van der Waals surface area contributed by atoms with E-state index in [-0.39, 0.29) is 70.4 Å². The number of hydrogen-bond acceptors (Lipinski definition) is 33. The van der Waals surface area contributed by atoms with E-state index in [0.29, 0.717) is 172 Å². The first kappa shape index (κ1) is 97.9. The summed E-state index contributed by atoms with van der Waals surface area (Å²) in [4.78, 5) is 57.0. The van der Waals surface area contributed by atoms with Gasteiger partial charge < -0.3 is 64.6 Å². The minimum atomic E-state index is -4.45. The molecule has 12 heterocycles. The summed E-state index contributed by atoms with van der Waals surface area (Å²) < 4.78 is 200. The first-order valence-electron chi connectivity index (χ1n) is 41.0. The van der Waals surface area contributed by atoms with Gasteiger partial charge in [0.2, 0.25) is 29.7 Å². The van der Waals surface area contributed by atoms with Gasteiger partial charge >= 0.3 is 18.5 Å². The number of benzene rings is 4. The van der Waals surface area contributed by atoms with Crippen molar-refractivity contribution in [2.24, 2.45) is 20.4 Å². The fourth-order valence-electron chi connectivity index (χ4n) is 12.9. The topological polar surface area (TPSA) is 359 Å². The molecule has 48 heteroatoms. The first-order chi connectivity index (χ1) is 65.0. The van der Waals surface area contributed by atoms with Gasteiger partial charge in [-0.15, -0.1) is 11.6 Å². The Hall–Kier alpha value is -14.6. The molecule has 4 aliphatic rings. The highest BCUT2D eigenvalue weighted by molar-refractivity contribution is 6.30. The normalized spacial score (nSPS) is 14.8. The lowest BCUT2D eigenvalue weighted by Gasteiger charge is -2.34. The van der Waals surface area contributed by atoms with E-state index in [1.807, 2.05) is 34.9 Å². The third-order valence-electron chi connectivity index (χ3n) is 19.5. The fourth-order valence-corrected chi connectivity index (χ4v) is 13.3. The summed E-state index contributed by atoms with van der Waals surface area (Å²) in [6.45, 7) is 11.2. The minimum Gasteiger partial charge on any atom is -0.480 e. The maximum Gasteiger partial charge on any atom is 0.416 e. The lowest BCUT2D eigenvalue weighted by atomic mass is 10.2. The van der Waals surface area contributed by atoms with Gasteiger partial charge in [0.25, 0.3) is 0 Å². The third-order valence-corrected chi connectivity index (χ3v) is 20.0. The summed E-state index contributed by atoms with van der Waals surface area (Å²) in [6, 6.07) is 35.3. The predicted molar refractivity (Wildman–Crippen MR) is 486 cm³/mol. The molecule has 0 saturated carbocycles. The van der Waals surface area contributed by atoms with Crippen LogP contribution < -0.4 is 67.3 Å². The lowest BCUT2D eigenvalue weighted by molar-refractivity contribution is -0.138. The van der Waals surface area contributed by atoms with Crippen LogP contribution in [0.2, 0.25) is 5.02 Å². The molecule has 33 nitrogen and oxygen atoms in total. The number of nitrogens with zero attached hydrogens (tertiary/aromatic N) is 20. The van der Waals surface area contributed by atoms with E-state index in [1.165, 1.54) is 80.8 Å². The molecule has 1 unspecified atom stereocenters. The van der Waals surface area contributed by atoms with Crippen molar-refractivity contribution in [3.05, 3.63) is 256 Å². The summed E-state index contributed by atoms with van der Waals surface area (Å²) in [7, 11) is 1.53. The number of alkyl halides is 10. The highest BCUT2D eigenvalue weighted by Gasteiger charge is 2.34. The van der Waals surface area contributed by atoms with Crippen molar-refractivity contribution >= 4 is 141 Å². The Morgan fingerprint density at radius 3 is 1.23 bits per heavy atom. The molecule has 4 aliphatic heterocycles. The van der Waals surface area contributed by atoms with Crippen LogP contribution in [-0.2, 0) is 43.4 Å². The SMILES string of the molecule is CC1COCCN1c1nc(N/N=C/c2ccc(Nc3cccc(C(F)(F)F)c3)cn2)ncc1F.COc1nc(/C=N/Nc2ncc(F)c(N3CCOCC3)n2)ccc1Nc1cccc(Cl)c1.Cc1nc(N/N=C/c2ccc(Nc3cccc(C(F)(F)F)c3)cn2)nc(N2CCOCC2)c1F.Fc1cnc(N/N=C/c2ccc(Nc3cccc(C(F)(F)F)c3)c(CCl)n2)nc1N1CCOCC1. The number of aromatic nitrogens is 12. The Morgan fingerprint density at radius 1 is 0.407 bits per heavy atom. The Morgan fingerprint density at radius 2 is 0.793 bits per heavy atom. The Kier molecular flexibility index (Phi) is 33.8. The van der Waals surface area contributed by atoms with Crippen LogP contribution in [0.5, 0.6) is 5.88 Å². The lowest BCUT2D eigenvalue weighted by Crippen LogP contribution is -2.44. The largest absolute Gasteiger partial charge is 0.480 e. The van der Waals surface area contributed by atoms with E-state index in [2.05, 4.69) is 123 Å². The van der Waals surface area contributed by atoms with Crippen molar-refractivity contribution in [1.29, 1.82) is 0 Å². The van der Waals surface area contributed by atoms with Crippen LogP contribution in [0.25, 0.3) is 0 Å². The van der Waals surface area contributed by atoms with Crippen LogP contribution in [0.4, 0.5) is 150 Å². The molecule has 8 aromatic heterocycles. The van der Waals surface area contributed by atoms with Crippen LogP contribution in [0.3, 0.4) is 0 Å².